The number of aliphatic hydroxyl groups is 21. The highest BCUT2D eigenvalue weighted by Crippen LogP contribution is 2.40. The second-order valence-corrected chi connectivity index (χ2v) is 24.2. The lowest BCUT2D eigenvalue weighted by Gasteiger charge is -2.50. The van der Waals surface area contributed by atoms with Gasteiger partial charge in [-0.05, 0) is 27.7 Å². The van der Waals surface area contributed by atoms with E-state index in [0.29, 0.717) is 26.2 Å². The van der Waals surface area contributed by atoms with Gasteiger partial charge in [0, 0.05) is 26.2 Å². The van der Waals surface area contributed by atoms with E-state index in [-0.39, 0.29) is 24.4 Å². The molecule has 95 heavy (non-hydrogen) atoms. The van der Waals surface area contributed by atoms with Crippen molar-refractivity contribution in [3.8, 4) is 0 Å². The minimum Gasteiger partial charge on any atom is -0.394 e. The van der Waals surface area contributed by atoms with Crippen LogP contribution >= 0.6 is 0 Å². The van der Waals surface area contributed by atoms with Crippen molar-refractivity contribution < 1.29 is 183 Å². The van der Waals surface area contributed by atoms with Crippen LogP contribution in [0.1, 0.15) is 27.7 Å². The molecule has 4 amide bonds. The quantitative estimate of drug-likeness (QED) is 0.0913. The molecule has 23 heterocycles. The van der Waals surface area contributed by atoms with Crippen LogP contribution in [-0.4, -0.2) is 439 Å². The van der Waals surface area contributed by atoms with E-state index in [2.05, 4.69) is 0 Å². The molecule has 0 radical (unpaired) electrons. The number of hydrogen-bond donors (Lipinski definition) is 21. The zero-order chi connectivity index (χ0) is 69.5. The highest BCUT2D eigenvalue weighted by atomic mass is 16.8. The fourth-order valence-corrected chi connectivity index (χ4v) is 13.5. The molecule has 23 aliphatic heterocycles. The van der Waals surface area contributed by atoms with Gasteiger partial charge < -0.3 is 193 Å². The smallest absolute Gasteiger partial charge is 0.323 e. The molecule has 23 fully saturated rings. The minimum absolute atomic E-state index is 0.0411. The van der Waals surface area contributed by atoms with Gasteiger partial charge in [-0.1, -0.05) is 0 Å². The lowest BCUT2D eigenvalue weighted by atomic mass is 9.95. The maximum atomic E-state index is 12.3. The molecule has 23 saturated heterocycles. The third kappa shape index (κ3) is 14.5. The summed E-state index contributed by atoms with van der Waals surface area (Å²) in [5.74, 6) is 0. The van der Waals surface area contributed by atoms with Gasteiger partial charge in [0.05, 0.1) is 46.2 Å². The number of amides is 4. The molecular formula is C54H92N4O37. The Hall–Kier alpha value is -2.86. The number of nitrogens with zero attached hydrogens (tertiary/aromatic N) is 4. The van der Waals surface area contributed by atoms with Crippen LogP contribution in [-0.2, 0) is 66.3 Å². The van der Waals surface area contributed by atoms with Crippen molar-refractivity contribution in [2.75, 3.05) is 72.4 Å². The molecule has 35 atom stereocenters. The second-order valence-electron chi connectivity index (χ2n) is 24.2. The van der Waals surface area contributed by atoms with Crippen molar-refractivity contribution in [1.29, 1.82) is 0 Å². The first kappa shape index (κ1) is 76.3. The number of carbonyl (C=O) groups is 2. The average Bonchev–Trinajstić information content (AvgIpc) is 1.63. The molecule has 23 aliphatic rings. The predicted octanol–water partition coefficient (Wildman–Crippen LogP) is -14.0. The molecule has 0 aliphatic carbocycles. The fraction of sp³-hybridized carbons (Fsp3) is 0.963. The molecule has 550 valence electrons. The van der Waals surface area contributed by atoms with Gasteiger partial charge >= 0.3 is 12.1 Å². The highest BCUT2D eigenvalue weighted by Gasteiger charge is 2.61. The van der Waals surface area contributed by atoms with Gasteiger partial charge in [-0.3, -0.25) is 0 Å². The number of carbonyl (C=O) groups excluding carboxylic acids is 2. The molecule has 0 aromatic rings. The minimum atomic E-state index is -2.21. The number of likely N-dealkylation sites (N-methyl/N-ethyl adjacent to an activating group) is 4. The van der Waals surface area contributed by atoms with E-state index in [9.17, 15) is 117 Å². The molecule has 21 N–H and O–H groups in total. The Morgan fingerprint density at radius 1 is 0.232 bits per heavy atom. The Morgan fingerprint density at radius 2 is 0.358 bits per heavy atom. The largest absolute Gasteiger partial charge is 0.394 e. The molecule has 41 heteroatoms. The standard InChI is InChI=1S/C42H70O35.C12H22N4O2/c43-1-8-29-15(50)22(57)36(64-8)72-30-9(2-44)66-38(24(59)17(30)52)74-32-11(4-46)68-40(26(61)19(32)54)76-34-13(6-48)70-42(28(63)21(34)56)77-35-14(7-49)69-41(27(62)20(35)55)75-33-12(5-47)67-39(25(60)18(33)53)73-31-10(3-45)65-37(71-29)23(58)16(31)51;1-5-13-9-10(15(7-3)11(13)17)16(8-4)12(18)14(9)6-2/h8-63H,1-7H2;9-10H,5-8H2,1-4H3. The number of hydrogen-bond acceptors (Lipinski definition) is 37. The number of aliphatic hydroxyl groups excluding tert-OH is 21. The zero-order valence-electron chi connectivity index (χ0n) is 51.9. The monoisotopic (exact) mass is 1390 g/mol. The second kappa shape index (κ2) is 32.4. The Kier molecular flexibility index (Phi) is 26.0. The predicted molar refractivity (Wildman–Crippen MR) is 296 cm³/mol. The Morgan fingerprint density at radius 3 is 0.463 bits per heavy atom. The van der Waals surface area contributed by atoms with Crippen LogP contribution in [0.2, 0.25) is 0 Å². The molecule has 14 bridgehead atoms. The van der Waals surface area contributed by atoms with Crippen LogP contribution in [0.5, 0.6) is 0 Å². The van der Waals surface area contributed by atoms with Gasteiger partial charge in [-0.2, -0.15) is 0 Å². The van der Waals surface area contributed by atoms with Gasteiger partial charge in [0.2, 0.25) is 0 Å². The summed E-state index contributed by atoms with van der Waals surface area (Å²) in [5, 5.41) is 230. The topological polar surface area (TPSA) is 601 Å². The maximum Gasteiger partial charge on any atom is 0.323 e. The Bertz CT molecular complexity index is 2020. The van der Waals surface area contributed by atoms with Crippen molar-refractivity contribution in [3.05, 3.63) is 0 Å². The SMILES string of the molecule is CCN1C(=O)N(CC)C2C1N(CC)C(=O)N2CC.OCC1OC2OC3C(CO)OC(OC4C(CO)OC(OC5C(CO)OC(OC6C(CO)OC(OC7C(CO)OC(OC8C(CO)OC(OC1C(O)C2O)C(O)C8O)C(O)C7O)C(O)C6O)C(O)C5O)C(O)C4O)C(O)C3O. The van der Waals surface area contributed by atoms with Crippen LogP contribution < -0.4 is 0 Å². The van der Waals surface area contributed by atoms with E-state index in [4.69, 9.17) is 66.3 Å². The number of rotatable bonds is 11. The van der Waals surface area contributed by atoms with Gasteiger partial charge in [-0.15, -0.1) is 0 Å². The van der Waals surface area contributed by atoms with Crippen molar-refractivity contribution in [3.63, 3.8) is 0 Å². The van der Waals surface area contributed by atoms with E-state index in [1.807, 2.05) is 27.7 Å². The molecule has 23 rings (SSSR count). The van der Waals surface area contributed by atoms with Crippen LogP contribution in [0.3, 0.4) is 0 Å². The van der Waals surface area contributed by atoms with Crippen LogP contribution in [0, 0.1) is 0 Å². The first-order chi connectivity index (χ1) is 45.3. The lowest BCUT2D eigenvalue weighted by molar-refractivity contribution is -0.396. The summed E-state index contributed by atoms with van der Waals surface area (Å²) in [7, 11) is 0. The summed E-state index contributed by atoms with van der Waals surface area (Å²) < 4.78 is 79.5. The molecule has 0 saturated carbocycles. The van der Waals surface area contributed by atoms with Crippen molar-refractivity contribution in [2.45, 2.75) is 255 Å². The molecular weight excluding hydrogens is 1300 g/mol. The lowest BCUT2D eigenvalue weighted by Crippen LogP contribution is -2.68. The van der Waals surface area contributed by atoms with Gasteiger partial charge in [0.25, 0.3) is 0 Å². The Balaban J connectivity index is 0.000000506. The number of urea groups is 2. The fourth-order valence-electron chi connectivity index (χ4n) is 13.5. The van der Waals surface area contributed by atoms with Crippen LogP contribution in [0.4, 0.5) is 9.59 Å². The van der Waals surface area contributed by atoms with E-state index in [1.54, 1.807) is 19.6 Å². The normalized spacial score (nSPS) is 50.1. The summed E-state index contributed by atoms with van der Waals surface area (Å²) in [6.07, 6.45) is -70.5. The van der Waals surface area contributed by atoms with Gasteiger partial charge in [0.1, 0.15) is 183 Å². The third-order valence-corrected chi connectivity index (χ3v) is 18.7. The van der Waals surface area contributed by atoms with E-state index >= 15 is 0 Å². The Labute approximate surface area is 541 Å². The first-order valence-electron chi connectivity index (χ1n) is 31.4. The molecule has 41 nitrogen and oxygen atoms in total. The molecule has 0 aromatic carbocycles. The van der Waals surface area contributed by atoms with Crippen LogP contribution in [0.25, 0.3) is 0 Å². The van der Waals surface area contributed by atoms with E-state index in [1.165, 1.54) is 0 Å². The van der Waals surface area contributed by atoms with E-state index < -0.39 is 261 Å². The maximum absolute atomic E-state index is 12.3. The van der Waals surface area contributed by atoms with Crippen molar-refractivity contribution in [2.24, 2.45) is 0 Å². The summed E-state index contributed by atoms with van der Waals surface area (Å²) in [6, 6.07) is 0.0822. The van der Waals surface area contributed by atoms with Crippen molar-refractivity contribution >= 4 is 12.1 Å². The van der Waals surface area contributed by atoms with Crippen LogP contribution in [0.15, 0.2) is 0 Å². The summed E-state index contributed by atoms with van der Waals surface area (Å²) >= 11 is 0. The van der Waals surface area contributed by atoms with E-state index in [0.717, 1.165) is 0 Å². The first-order valence-corrected chi connectivity index (χ1v) is 31.4. The number of ether oxygens (including phenoxy) is 14. The molecule has 35 unspecified atom stereocenters. The summed E-state index contributed by atoms with van der Waals surface area (Å²) in [6.45, 7) is 3.06. The zero-order valence-corrected chi connectivity index (χ0v) is 51.9. The number of fused-ring (bicyclic) bond motifs is 1. The summed E-state index contributed by atoms with van der Waals surface area (Å²) in [5.41, 5.74) is 0. The molecule has 0 spiro atoms. The summed E-state index contributed by atoms with van der Waals surface area (Å²) in [4.78, 5) is 31.8. The van der Waals surface area contributed by atoms with Crippen molar-refractivity contribution in [1.82, 2.24) is 19.6 Å². The highest BCUT2D eigenvalue weighted by molar-refractivity contribution is 5.85. The van der Waals surface area contributed by atoms with Gasteiger partial charge in [0.15, 0.2) is 44.0 Å². The average molecular weight is 1390 g/mol. The molecule has 0 aromatic heterocycles. The third-order valence-electron chi connectivity index (χ3n) is 18.7. The van der Waals surface area contributed by atoms with Gasteiger partial charge in [-0.25, -0.2) is 9.59 Å².